The minimum Gasteiger partial charge on any atom is -0.377 e. The number of carbonyl (C=O) groups excluding carboxylic acids is 2. The summed E-state index contributed by atoms with van der Waals surface area (Å²) in [7, 11) is 1.74. The average molecular weight is 439 g/mol. The summed E-state index contributed by atoms with van der Waals surface area (Å²) in [6.07, 6.45) is 6.93. The van der Waals surface area contributed by atoms with Gasteiger partial charge in [0.25, 0.3) is 0 Å². The van der Waals surface area contributed by atoms with Crippen molar-refractivity contribution in [2.24, 2.45) is 28.7 Å². The summed E-state index contributed by atoms with van der Waals surface area (Å²) in [6, 6.07) is 8.23. The Hall–Kier alpha value is -2.67. The van der Waals surface area contributed by atoms with Crippen LogP contribution in [0.4, 0.5) is 0 Å². The van der Waals surface area contributed by atoms with Crippen LogP contribution in [0.1, 0.15) is 37.3 Å². The highest BCUT2D eigenvalue weighted by Gasteiger charge is 2.58. The topological polar surface area (TPSA) is 83.0 Å². The Morgan fingerprint density at radius 2 is 1.78 bits per heavy atom. The van der Waals surface area contributed by atoms with E-state index in [4.69, 9.17) is 4.74 Å². The SMILES string of the molecule is CCCOCc1ccccc1CNC(=NC)NCCCN1C(=O)C2C3C=CC(C3)C2C1=O. The monoisotopic (exact) mass is 438 g/mol. The van der Waals surface area contributed by atoms with Crippen LogP contribution in [0.5, 0.6) is 0 Å². The van der Waals surface area contributed by atoms with E-state index in [-0.39, 0.29) is 35.5 Å². The smallest absolute Gasteiger partial charge is 0.233 e. The molecule has 1 saturated carbocycles. The molecule has 2 N–H and O–H groups in total. The second kappa shape index (κ2) is 10.3. The van der Waals surface area contributed by atoms with Gasteiger partial charge in [-0.1, -0.05) is 43.3 Å². The van der Waals surface area contributed by atoms with Gasteiger partial charge in [-0.05, 0) is 42.2 Å². The van der Waals surface area contributed by atoms with Crippen molar-refractivity contribution in [3.05, 3.63) is 47.5 Å². The van der Waals surface area contributed by atoms with Gasteiger partial charge in [-0.25, -0.2) is 0 Å². The van der Waals surface area contributed by atoms with Crippen molar-refractivity contribution in [3.63, 3.8) is 0 Å². The molecule has 2 aliphatic carbocycles. The van der Waals surface area contributed by atoms with Crippen LogP contribution in [0, 0.1) is 23.7 Å². The summed E-state index contributed by atoms with van der Waals surface area (Å²) < 4.78 is 5.70. The number of fused-ring (bicyclic) bond motifs is 5. The van der Waals surface area contributed by atoms with Crippen molar-refractivity contribution in [2.45, 2.75) is 39.3 Å². The molecule has 32 heavy (non-hydrogen) atoms. The van der Waals surface area contributed by atoms with Crippen molar-refractivity contribution < 1.29 is 14.3 Å². The molecule has 4 rings (SSSR count). The van der Waals surface area contributed by atoms with E-state index in [0.717, 1.165) is 19.4 Å². The van der Waals surface area contributed by atoms with Crippen LogP contribution in [0.15, 0.2) is 41.4 Å². The number of nitrogens with one attached hydrogen (secondary N) is 2. The molecule has 0 aromatic heterocycles. The Balaban J connectivity index is 1.21. The minimum absolute atomic E-state index is 0.0289. The fraction of sp³-hybridized carbons (Fsp3) is 0.560. The van der Waals surface area contributed by atoms with E-state index in [2.05, 4.69) is 46.8 Å². The summed E-state index contributed by atoms with van der Waals surface area (Å²) in [5, 5.41) is 6.63. The molecule has 172 valence electrons. The third-order valence-corrected chi connectivity index (χ3v) is 6.81. The molecule has 7 nitrogen and oxygen atoms in total. The summed E-state index contributed by atoms with van der Waals surface area (Å²) in [6.45, 7) is 5.21. The first-order valence-corrected chi connectivity index (χ1v) is 11.8. The van der Waals surface area contributed by atoms with Gasteiger partial charge in [0.05, 0.1) is 18.4 Å². The normalized spacial score (nSPS) is 26.2. The fourth-order valence-electron chi connectivity index (χ4n) is 5.23. The van der Waals surface area contributed by atoms with Crippen molar-refractivity contribution >= 4 is 17.8 Å². The van der Waals surface area contributed by atoms with Crippen molar-refractivity contribution in [2.75, 3.05) is 26.7 Å². The van der Waals surface area contributed by atoms with Gasteiger partial charge in [0, 0.05) is 33.3 Å². The Morgan fingerprint density at radius 3 is 2.44 bits per heavy atom. The summed E-state index contributed by atoms with van der Waals surface area (Å²) >= 11 is 0. The predicted octanol–water partition coefficient (Wildman–Crippen LogP) is 2.48. The van der Waals surface area contributed by atoms with E-state index in [0.29, 0.717) is 38.6 Å². The van der Waals surface area contributed by atoms with Crippen LogP contribution in [0.2, 0.25) is 0 Å². The minimum atomic E-state index is -0.110. The molecule has 2 amide bonds. The molecule has 1 saturated heterocycles. The number of ether oxygens (including phenoxy) is 1. The molecule has 0 spiro atoms. The summed E-state index contributed by atoms with van der Waals surface area (Å²) in [5.41, 5.74) is 2.35. The van der Waals surface area contributed by atoms with E-state index in [1.54, 1.807) is 7.05 Å². The standard InChI is InChI=1S/C25H34N4O3/c1-3-13-32-16-20-8-5-4-7-19(20)15-28-25(26-2)27-11-6-12-29-23(30)21-17-9-10-18(14-17)22(21)24(29)31/h4-5,7-10,17-18,21-22H,3,6,11-16H2,1-2H3,(H2,26,27,28). The van der Waals surface area contributed by atoms with Gasteiger partial charge in [-0.2, -0.15) is 0 Å². The van der Waals surface area contributed by atoms with Gasteiger partial charge in [0.1, 0.15) is 0 Å². The number of imide groups is 1. The van der Waals surface area contributed by atoms with Crippen molar-refractivity contribution in [1.82, 2.24) is 15.5 Å². The zero-order valence-corrected chi connectivity index (χ0v) is 19.0. The maximum Gasteiger partial charge on any atom is 0.233 e. The Bertz CT molecular complexity index is 867. The van der Waals surface area contributed by atoms with Gasteiger partial charge in [-0.15, -0.1) is 0 Å². The largest absolute Gasteiger partial charge is 0.377 e. The van der Waals surface area contributed by atoms with E-state index < -0.39 is 0 Å². The third kappa shape index (κ3) is 4.58. The van der Waals surface area contributed by atoms with Crippen LogP contribution < -0.4 is 10.6 Å². The average Bonchev–Trinajstić information content (AvgIpc) is 3.49. The van der Waals surface area contributed by atoms with Crippen molar-refractivity contribution in [1.29, 1.82) is 0 Å². The van der Waals surface area contributed by atoms with Gasteiger partial charge in [0.2, 0.25) is 11.8 Å². The first kappa shape index (κ1) is 22.5. The molecule has 1 aromatic rings. The molecular formula is C25H34N4O3. The highest BCUT2D eigenvalue weighted by Crippen LogP contribution is 2.52. The van der Waals surface area contributed by atoms with Crippen LogP contribution in [0.3, 0.4) is 0 Å². The van der Waals surface area contributed by atoms with Crippen LogP contribution in [0.25, 0.3) is 0 Å². The molecule has 1 heterocycles. The maximum atomic E-state index is 12.8. The van der Waals surface area contributed by atoms with E-state index in [1.807, 2.05) is 12.1 Å². The predicted molar refractivity (Wildman–Crippen MR) is 124 cm³/mol. The third-order valence-electron chi connectivity index (χ3n) is 6.81. The van der Waals surface area contributed by atoms with Crippen LogP contribution >= 0.6 is 0 Å². The lowest BCUT2D eigenvalue weighted by Crippen LogP contribution is -2.39. The number of allylic oxidation sites excluding steroid dienone is 2. The van der Waals surface area contributed by atoms with Gasteiger partial charge in [0.15, 0.2) is 5.96 Å². The molecular weight excluding hydrogens is 404 g/mol. The molecule has 0 radical (unpaired) electrons. The number of hydrogen-bond acceptors (Lipinski definition) is 4. The summed E-state index contributed by atoms with van der Waals surface area (Å²) in [4.78, 5) is 31.3. The zero-order valence-electron chi connectivity index (χ0n) is 19.0. The first-order chi connectivity index (χ1) is 15.6. The molecule has 4 unspecified atom stereocenters. The molecule has 1 aromatic carbocycles. The van der Waals surface area contributed by atoms with Crippen LogP contribution in [-0.4, -0.2) is 49.4 Å². The molecule has 4 atom stereocenters. The maximum absolute atomic E-state index is 12.8. The number of carbonyl (C=O) groups is 2. The quantitative estimate of drug-likeness (QED) is 0.193. The highest BCUT2D eigenvalue weighted by atomic mass is 16.5. The van der Waals surface area contributed by atoms with Crippen molar-refractivity contribution in [3.8, 4) is 0 Å². The lowest BCUT2D eigenvalue weighted by atomic mass is 9.85. The van der Waals surface area contributed by atoms with E-state index in [9.17, 15) is 9.59 Å². The number of guanidine groups is 1. The molecule has 1 aliphatic heterocycles. The molecule has 2 fully saturated rings. The van der Waals surface area contributed by atoms with Gasteiger partial charge >= 0.3 is 0 Å². The van der Waals surface area contributed by atoms with E-state index in [1.165, 1.54) is 16.0 Å². The molecule has 7 heteroatoms. The zero-order chi connectivity index (χ0) is 22.5. The number of aliphatic imine (C=N–C) groups is 1. The van der Waals surface area contributed by atoms with Gasteiger partial charge < -0.3 is 15.4 Å². The van der Waals surface area contributed by atoms with E-state index >= 15 is 0 Å². The lowest BCUT2D eigenvalue weighted by Gasteiger charge is -2.18. The lowest BCUT2D eigenvalue weighted by molar-refractivity contribution is -0.140. The Morgan fingerprint density at radius 1 is 1.09 bits per heavy atom. The number of benzene rings is 1. The molecule has 3 aliphatic rings. The number of rotatable bonds is 10. The summed E-state index contributed by atoms with van der Waals surface area (Å²) in [5.74, 6) is 1.07. The first-order valence-electron chi connectivity index (χ1n) is 11.8. The second-order valence-corrected chi connectivity index (χ2v) is 8.86. The highest BCUT2D eigenvalue weighted by molar-refractivity contribution is 6.06. The Kier molecular flexibility index (Phi) is 7.25. The number of likely N-dealkylation sites (tertiary alicyclic amines) is 1. The number of amides is 2. The van der Waals surface area contributed by atoms with Crippen LogP contribution in [-0.2, 0) is 27.5 Å². The fourth-order valence-corrected chi connectivity index (χ4v) is 5.23. The number of hydrogen-bond donors (Lipinski definition) is 2. The molecule has 2 bridgehead atoms. The Labute approximate surface area is 190 Å². The number of nitrogens with zero attached hydrogens (tertiary/aromatic N) is 2. The second-order valence-electron chi connectivity index (χ2n) is 8.86. The van der Waals surface area contributed by atoms with Gasteiger partial charge in [-0.3, -0.25) is 19.5 Å².